The molecule has 1 atom stereocenters. The first kappa shape index (κ1) is 21.8. The van der Waals surface area contributed by atoms with E-state index in [1.54, 1.807) is 24.2 Å². The second-order valence-electron chi connectivity index (χ2n) is 8.62. The molecule has 1 unspecified atom stereocenters. The molecular formula is C24H27ClFN3O2. The zero-order valence-corrected chi connectivity index (χ0v) is 18.4. The minimum atomic E-state index is -0.893. The van der Waals surface area contributed by atoms with Gasteiger partial charge in [-0.3, -0.25) is 14.6 Å². The summed E-state index contributed by atoms with van der Waals surface area (Å²) in [6.45, 7) is 0.841. The molecule has 2 fully saturated rings. The normalized spacial score (nSPS) is 22.9. The molecule has 1 N–H and O–H groups in total. The summed E-state index contributed by atoms with van der Waals surface area (Å²) in [4.78, 5) is 33.4. The van der Waals surface area contributed by atoms with Crippen LogP contribution in [0.15, 0.2) is 42.6 Å². The summed E-state index contributed by atoms with van der Waals surface area (Å²) in [5.74, 6) is -0.576. The number of nitrogens with zero attached hydrogens (tertiary/aromatic N) is 2. The van der Waals surface area contributed by atoms with Gasteiger partial charge in [-0.05, 0) is 55.5 Å². The van der Waals surface area contributed by atoms with Crippen molar-refractivity contribution in [2.24, 2.45) is 0 Å². The van der Waals surface area contributed by atoms with Crippen LogP contribution in [0.3, 0.4) is 0 Å². The number of likely N-dealkylation sites (tertiary alicyclic amines) is 1. The van der Waals surface area contributed by atoms with Crippen molar-refractivity contribution in [3.63, 3.8) is 0 Å². The van der Waals surface area contributed by atoms with Gasteiger partial charge < -0.3 is 10.2 Å². The summed E-state index contributed by atoms with van der Waals surface area (Å²) in [5.41, 5.74) is -0.309. The van der Waals surface area contributed by atoms with Crippen molar-refractivity contribution in [3.8, 4) is 0 Å². The summed E-state index contributed by atoms with van der Waals surface area (Å²) in [6.07, 6.45) is 6.16. The highest BCUT2D eigenvalue weighted by Gasteiger charge is 2.51. The molecule has 2 aliphatic rings. The lowest BCUT2D eigenvalue weighted by molar-refractivity contribution is -0.142. The Hall–Kier alpha value is -2.47. The van der Waals surface area contributed by atoms with E-state index in [-0.39, 0.29) is 23.4 Å². The maximum Gasteiger partial charge on any atom is 0.233 e. The van der Waals surface area contributed by atoms with E-state index in [2.05, 4.69) is 10.3 Å². The largest absolute Gasteiger partial charge is 0.358 e. The Morgan fingerprint density at radius 2 is 1.84 bits per heavy atom. The van der Waals surface area contributed by atoms with Crippen LogP contribution in [0.5, 0.6) is 0 Å². The number of amides is 2. The van der Waals surface area contributed by atoms with Gasteiger partial charge in [-0.25, -0.2) is 4.39 Å². The molecule has 0 spiro atoms. The molecule has 2 amide bonds. The number of piperidine rings is 1. The predicted molar refractivity (Wildman–Crippen MR) is 117 cm³/mol. The number of carbonyl (C=O) groups excluding carboxylic acids is 2. The molecule has 1 aromatic heterocycles. The van der Waals surface area contributed by atoms with E-state index in [1.165, 1.54) is 12.1 Å². The standard InChI is InChI=1S/C24H27ClFN3O2/c1-27-21(30)24(20-7-2-5-13-28-20)12-6-14-29(16-24)22(31)23(10-3-4-11-23)18-9-8-17(26)15-19(18)25/h2,5,7-9,13,15H,3-4,6,10-12,14,16H2,1H3,(H,27,30). The van der Waals surface area contributed by atoms with Crippen LogP contribution in [0.25, 0.3) is 0 Å². The molecule has 1 aliphatic carbocycles. The Morgan fingerprint density at radius 1 is 1.10 bits per heavy atom. The summed E-state index contributed by atoms with van der Waals surface area (Å²) in [7, 11) is 1.62. The molecule has 31 heavy (non-hydrogen) atoms. The SMILES string of the molecule is CNC(=O)C1(c2ccccn2)CCCN(C(=O)C2(c3ccc(F)cc3Cl)CCCC2)C1. The number of aromatic nitrogens is 1. The van der Waals surface area contributed by atoms with Crippen molar-refractivity contribution in [3.05, 3.63) is 64.7 Å². The fourth-order valence-electron chi connectivity index (χ4n) is 5.38. The molecule has 1 saturated carbocycles. The van der Waals surface area contributed by atoms with Crippen LogP contribution in [0.4, 0.5) is 4.39 Å². The van der Waals surface area contributed by atoms with Crippen LogP contribution in [0.2, 0.25) is 5.02 Å². The van der Waals surface area contributed by atoms with E-state index in [1.807, 2.05) is 18.2 Å². The summed E-state index contributed by atoms with van der Waals surface area (Å²) < 4.78 is 13.7. The van der Waals surface area contributed by atoms with Gasteiger partial charge in [0.05, 0.1) is 11.1 Å². The van der Waals surface area contributed by atoms with Gasteiger partial charge in [-0.2, -0.15) is 0 Å². The van der Waals surface area contributed by atoms with Gasteiger partial charge >= 0.3 is 0 Å². The summed E-state index contributed by atoms with van der Waals surface area (Å²) >= 11 is 6.42. The molecule has 2 aromatic rings. The van der Waals surface area contributed by atoms with Crippen molar-refractivity contribution in [1.29, 1.82) is 0 Å². The maximum atomic E-state index is 14.0. The Balaban J connectivity index is 1.72. The number of carbonyl (C=O) groups is 2. The molecule has 1 saturated heterocycles. The van der Waals surface area contributed by atoms with E-state index in [0.717, 1.165) is 12.8 Å². The van der Waals surface area contributed by atoms with E-state index < -0.39 is 16.6 Å². The molecule has 2 heterocycles. The highest BCUT2D eigenvalue weighted by Crippen LogP contribution is 2.46. The predicted octanol–water partition coefficient (Wildman–Crippen LogP) is 3.99. The number of hydrogen-bond donors (Lipinski definition) is 1. The zero-order valence-electron chi connectivity index (χ0n) is 17.7. The Kier molecular flexibility index (Phi) is 6.02. The second-order valence-corrected chi connectivity index (χ2v) is 9.03. The minimum absolute atomic E-state index is 0.0255. The molecule has 0 radical (unpaired) electrons. The highest BCUT2D eigenvalue weighted by atomic mass is 35.5. The number of hydrogen-bond acceptors (Lipinski definition) is 3. The molecule has 7 heteroatoms. The number of pyridine rings is 1. The quantitative estimate of drug-likeness (QED) is 0.777. The molecule has 1 aromatic carbocycles. The minimum Gasteiger partial charge on any atom is -0.358 e. The third-order valence-corrected chi connectivity index (χ3v) is 7.22. The lowest BCUT2D eigenvalue weighted by atomic mass is 9.73. The molecule has 164 valence electrons. The topological polar surface area (TPSA) is 62.3 Å². The monoisotopic (exact) mass is 443 g/mol. The zero-order chi connectivity index (χ0) is 22.1. The average Bonchev–Trinajstić information content (AvgIpc) is 3.29. The Bertz CT molecular complexity index is 978. The van der Waals surface area contributed by atoms with Crippen molar-refractivity contribution < 1.29 is 14.0 Å². The van der Waals surface area contributed by atoms with Gasteiger partial charge in [0.25, 0.3) is 0 Å². The number of likely N-dealkylation sites (N-methyl/N-ethyl adjacent to an activating group) is 1. The number of benzene rings is 1. The molecule has 0 bridgehead atoms. The molecular weight excluding hydrogens is 417 g/mol. The lowest BCUT2D eigenvalue weighted by Gasteiger charge is -2.44. The van der Waals surface area contributed by atoms with Crippen molar-refractivity contribution in [1.82, 2.24) is 15.2 Å². The summed E-state index contributed by atoms with van der Waals surface area (Å²) in [5, 5.41) is 3.07. The number of halogens is 2. The van der Waals surface area contributed by atoms with Crippen LogP contribution in [-0.4, -0.2) is 41.8 Å². The van der Waals surface area contributed by atoms with E-state index >= 15 is 0 Å². The van der Waals surface area contributed by atoms with Gasteiger partial charge in [-0.15, -0.1) is 0 Å². The first-order valence-electron chi connectivity index (χ1n) is 10.8. The number of rotatable bonds is 4. The van der Waals surface area contributed by atoms with Crippen LogP contribution in [0.1, 0.15) is 49.8 Å². The first-order valence-corrected chi connectivity index (χ1v) is 11.2. The second kappa shape index (κ2) is 8.58. The van der Waals surface area contributed by atoms with Gasteiger partial charge in [0.1, 0.15) is 11.2 Å². The first-order chi connectivity index (χ1) is 14.9. The fraction of sp³-hybridized carbons (Fsp3) is 0.458. The van der Waals surface area contributed by atoms with Crippen molar-refractivity contribution in [2.45, 2.75) is 49.4 Å². The van der Waals surface area contributed by atoms with E-state index in [9.17, 15) is 14.0 Å². The van der Waals surface area contributed by atoms with Crippen LogP contribution in [-0.2, 0) is 20.4 Å². The van der Waals surface area contributed by atoms with Crippen LogP contribution < -0.4 is 5.32 Å². The average molecular weight is 444 g/mol. The van der Waals surface area contributed by atoms with Crippen LogP contribution >= 0.6 is 11.6 Å². The maximum absolute atomic E-state index is 14.0. The van der Waals surface area contributed by atoms with Crippen molar-refractivity contribution in [2.75, 3.05) is 20.1 Å². The third kappa shape index (κ3) is 3.71. The number of nitrogens with one attached hydrogen (secondary N) is 1. The third-order valence-electron chi connectivity index (χ3n) is 6.91. The Morgan fingerprint density at radius 3 is 2.48 bits per heavy atom. The highest BCUT2D eigenvalue weighted by molar-refractivity contribution is 6.31. The van der Waals surface area contributed by atoms with Crippen molar-refractivity contribution >= 4 is 23.4 Å². The fourth-order valence-corrected chi connectivity index (χ4v) is 5.73. The molecule has 5 nitrogen and oxygen atoms in total. The molecule has 1 aliphatic heterocycles. The molecule has 4 rings (SSSR count). The van der Waals surface area contributed by atoms with E-state index in [0.29, 0.717) is 43.5 Å². The van der Waals surface area contributed by atoms with Crippen LogP contribution in [0, 0.1) is 5.82 Å². The van der Waals surface area contributed by atoms with Gasteiger partial charge in [0.2, 0.25) is 11.8 Å². The lowest BCUT2D eigenvalue weighted by Crippen LogP contribution is -2.58. The van der Waals surface area contributed by atoms with Gasteiger partial charge in [0, 0.05) is 31.4 Å². The Labute approximate surface area is 187 Å². The van der Waals surface area contributed by atoms with Gasteiger partial charge in [-0.1, -0.05) is 36.6 Å². The van der Waals surface area contributed by atoms with Gasteiger partial charge in [0.15, 0.2) is 0 Å². The smallest absolute Gasteiger partial charge is 0.233 e. The summed E-state index contributed by atoms with van der Waals surface area (Å²) in [6, 6.07) is 9.83. The van der Waals surface area contributed by atoms with E-state index in [4.69, 9.17) is 11.6 Å².